The first-order valence-electron chi connectivity index (χ1n) is 12.3. The zero-order valence-electron chi connectivity index (χ0n) is 21.5. The Hall–Kier alpha value is -2.62. The van der Waals surface area contributed by atoms with E-state index in [9.17, 15) is 19.2 Å². The number of nitrogens with one attached hydrogen (secondary N) is 2. The number of rotatable bonds is 10. The van der Waals surface area contributed by atoms with Gasteiger partial charge in [-0.05, 0) is 37.1 Å². The van der Waals surface area contributed by atoms with Crippen molar-refractivity contribution in [1.29, 1.82) is 0 Å². The van der Waals surface area contributed by atoms with Gasteiger partial charge in [0.1, 0.15) is 5.82 Å². The van der Waals surface area contributed by atoms with E-state index in [-0.39, 0.29) is 53.5 Å². The standard InChI is InChI=1S/C24H42N6O4/c1-15(2)11-29(20-21(25)30(12-16(3)4)24(34)27-23(20)33)19(31)14-28-9-7-8-18(13-28)10-26-22(32)17(5)6/h15-18H,7-14,25H2,1-6H3,(H,26,32)(H,27,33,34). The van der Waals surface area contributed by atoms with Gasteiger partial charge < -0.3 is 16.0 Å². The Labute approximate surface area is 201 Å². The van der Waals surface area contributed by atoms with Crippen molar-refractivity contribution < 1.29 is 9.59 Å². The molecule has 1 saturated heterocycles. The molecular weight excluding hydrogens is 436 g/mol. The molecule has 34 heavy (non-hydrogen) atoms. The monoisotopic (exact) mass is 478 g/mol. The van der Waals surface area contributed by atoms with Gasteiger partial charge in [0, 0.05) is 32.1 Å². The van der Waals surface area contributed by atoms with Gasteiger partial charge in [-0.2, -0.15) is 0 Å². The van der Waals surface area contributed by atoms with Gasteiger partial charge in [-0.1, -0.05) is 41.5 Å². The first kappa shape index (κ1) is 27.6. The molecule has 1 aliphatic heterocycles. The van der Waals surface area contributed by atoms with E-state index in [2.05, 4.69) is 15.2 Å². The van der Waals surface area contributed by atoms with Crippen LogP contribution in [0.4, 0.5) is 11.5 Å². The Morgan fingerprint density at radius 2 is 1.82 bits per heavy atom. The molecule has 1 unspecified atom stereocenters. The minimum absolute atomic E-state index is 0.0179. The van der Waals surface area contributed by atoms with Crippen molar-refractivity contribution in [1.82, 2.24) is 19.8 Å². The maximum Gasteiger partial charge on any atom is 0.330 e. The van der Waals surface area contributed by atoms with Crippen LogP contribution in [0.1, 0.15) is 54.4 Å². The van der Waals surface area contributed by atoms with Crippen molar-refractivity contribution in [3.8, 4) is 0 Å². The largest absolute Gasteiger partial charge is 0.383 e. The molecule has 1 aliphatic rings. The highest BCUT2D eigenvalue weighted by Gasteiger charge is 2.28. The number of nitrogens with zero attached hydrogens (tertiary/aromatic N) is 3. The van der Waals surface area contributed by atoms with E-state index in [4.69, 9.17) is 5.73 Å². The zero-order chi connectivity index (χ0) is 25.6. The quantitative estimate of drug-likeness (QED) is 0.463. The van der Waals surface area contributed by atoms with Crippen molar-refractivity contribution in [3.63, 3.8) is 0 Å². The van der Waals surface area contributed by atoms with E-state index in [1.807, 2.05) is 41.5 Å². The van der Waals surface area contributed by atoms with Gasteiger partial charge in [0.25, 0.3) is 5.56 Å². The van der Waals surface area contributed by atoms with Crippen LogP contribution in [0.2, 0.25) is 0 Å². The molecule has 10 heteroatoms. The van der Waals surface area contributed by atoms with E-state index in [1.54, 1.807) is 0 Å². The minimum Gasteiger partial charge on any atom is -0.383 e. The highest BCUT2D eigenvalue weighted by atomic mass is 16.2. The maximum absolute atomic E-state index is 13.5. The number of H-pyrrole nitrogens is 1. The molecule has 1 aromatic heterocycles. The van der Waals surface area contributed by atoms with E-state index < -0.39 is 11.2 Å². The predicted molar refractivity (Wildman–Crippen MR) is 135 cm³/mol. The summed E-state index contributed by atoms with van der Waals surface area (Å²) in [5.74, 6) is 0.250. The molecule has 2 amide bonds. The average molecular weight is 479 g/mol. The third-order valence-corrected chi connectivity index (χ3v) is 5.93. The minimum atomic E-state index is -0.649. The van der Waals surface area contributed by atoms with Gasteiger partial charge in [-0.3, -0.25) is 28.8 Å². The van der Waals surface area contributed by atoms with Crippen LogP contribution in [-0.2, 0) is 16.1 Å². The Morgan fingerprint density at radius 3 is 2.41 bits per heavy atom. The fourth-order valence-corrected chi connectivity index (χ4v) is 4.25. The van der Waals surface area contributed by atoms with Crippen LogP contribution in [0.15, 0.2) is 9.59 Å². The highest BCUT2D eigenvalue weighted by molar-refractivity contribution is 5.96. The van der Waals surface area contributed by atoms with Gasteiger partial charge in [0.05, 0.1) is 6.54 Å². The molecule has 10 nitrogen and oxygen atoms in total. The number of carbonyl (C=O) groups is 2. The van der Waals surface area contributed by atoms with Gasteiger partial charge in [-0.25, -0.2) is 4.79 Å². The zero-order valence-corrected chi connectivity index (χ0v) is 21.5. The molecule has 4 N–H and O–H groups in total. The number of anilines is 2. The Balaban J connectivity index is 2.23. The molecule has 0 aromatic carbocycles. The molecule has 0 radical (unpaired) electrons. The van der Waals surface area contributed by atoms with Crippen LogP contribution in [0.25, 0.3) is 0 Å². The lowest BCUT2D eigenvalue weighted by Crippen LogP contribution is -2.49. The number of amides is 2. The van der Waals surface area contributed by atoms with Crippen molar-refractivity contribution in [2.45, 2.75) is 60.9 Å². The molecule has 0 bridgehead atoms. The molecule has 192 valence electrons. The topological polar surface area (TPSA) is 134 Å². The van der Waals surface area contributed by atoms with Gasteiger partial charge in [0.15, 0.2) is 5.69 Å². The Morgan fingerprint density at radius 1 is 1.15 bits per heavy atom. The molecule has 1 atom stereocenters. The fraction of sp³-hybridized carbons (Fsp3) is 0.750. The molecule has 2 rings (SSSR count). The normalized spacial score (nSPS) is 16.9. The van der Waals surface area contributed by atoms with Gasteiger partial charge in [-0.15, -0.1) is 0 Å². The maximum atomic E-state index is 13.5. The number of aromatic nitrogens is 2. The third kappa shape index (κ3) is 7.44. The van der Waals surface area contributed by atoms with E-state index in [1.165, 1.54) is 9.47 Å². The summed E-state index contributed by atoms with van der Waals surface area (Å²) in [5.41, 5.74) is 5.11. The number of likely N-dealkylation sites (tertiary alicyclic amines) is 1. The molecule has 1 aromatic rings. The summed E-state index contributed by atoms with van der Waals surface area (Å²) >= 11 is 0. The molecular formula is C24H42N6O4. The van der Waals surface area contributed by atoms with E-state index in [0.717, 1.165) is 19.4 Å². The Bertz CT molecular complexity index is 965. The number of hydrogen-bond donors (Lipinski definition) is 3. The lowest BCUT2D eigenvalue weighted by molar-refractivity contribution is -0.124. The van der Waals surface area contributed by atoms with Crippen LogP contribution in [0.3, 0.4) is 0 Å². The van der Waals surface area contributed by atoms with Crippen molar-refractivity contribution >= 4 is 23.3 Å². The second-order valence-electron chi connectivity index (χ2n) is 10.5. The lowest BCUT2D eigenvalue weighted by Gasteiger charge is -2.34. The summed E-state index contributed by atoms with van der Waals surface area (Å²) < 4.78 is 1.33. The third-order valence-electron chi connectivity index (χ3n) is 5.93. The van der Waals surface area contributed by atoms with Crippen molar-refractivity contribution in [2.24, 2.45) is 23.7 Å². The molecule has 0 spiro atoms. The van der Waals surface area contributed by atoms with Crippen LogP contribution in [0.5, 0.6) is 0 Å². The van der Waals surface area contributed by atoms with E-state index >= 15 is 0 Å². The second kappa shape index (κ2) is 12.2. The number of piperidine rings is 1. The summed E-state index contributed by atoms with van der Waals surface area (Å²) in [6, 6.07) is 0. The number of nitrogen functional groups attached to an aromatic ring is 1. The molecule has 0 saturated carbocycles. The van der Waals surface area contributed by atoms with E-state index in [0.29, 0.717) is 26.2 Å². The first-order valence-corrected chi connectivity index (χ1v) is 12.3. The van der Waals surface area contributed by atoms with Crippen molar-refractivity contribution in [3.05, 3.63) is 20.8 Å². The summed E-state index contributed by atoms with van der Waals surface area (Å²) in [7, 11) is 0. The van der Waals surface area contributed by atoms with Gasteiger partial charge in [0.2, 0.25) is 11.8 Å². The number of carbonyl (C=O) groups excluding carboxylic acids is 2. The molecule has 0 aliphatic carbocycles. The number of aromatic amines is 1. The highest BCUT2D eigenvalue weighted by Crippen LogP contribution is 2.21. The van der Waals surface area contributed by atoms with Crippen LogP contribution in [-0.4, -0.2) is 59.0 Å². The molecule has 1 fully saturated rings. The summed E-state index contributed by atoms with van der Waals surface area (Å²) in [6.45, 7) is 14.4. The summed E-state index contributed by atoms with van der Waals surface area (Å²) in [5, 5.41) is 2.99. The lowest BCUT2D eigenvalue weighted by atomic mass is 9.97. The summed E-state index contributed by atoms with van der Waals surface area (Å²) in [6.07, 6.45) is 1.92. The van der Waals surface area contributed by atoms with Gasteiger partial charge >= 0.3 is 5.69 Å². The number of hydrogen-bond acceptors (Lipinski definition) is 6. The first-order chi connectivity index (χ1) is 15.9. The fourth-order valence-electron chi connectivity index (χ4n) is 4.25. The van der Waals surface area contributed by atoms with Crippen LogP contribution < -0.4 is 27.2 Å². The number of nitrogens with two attached hydrogens (primary N) is 1. The van der Waals surface area contributed by atoms with Crippen molar-refractivity contribution in [2.75, 3.05) is 43.4 Å². The SMILES string of the molecule is CC(C)CN(C(=O)CN1CCCC(CNC(=O)C(C)C)C1)c1c(N)n(CC(C)C)c(=O)[nH]c1=O. The van der Waals surface area contributed by atoms with Crippen LogP contribution in [0, 0.1) is 23.7 Å². The second-order valence-corrected chi connectivity index (χ2v) is 10.5. The Kier molecular flexibility index (Phi) is 9.90. The smallest absolute Gasteiger partial charge is 0.330 e. The predicted octanol–water partition coefficient (Wildman–Crippen LogP) is 1.25. The summed E-state index contributed by atoms with van der Waals surface area (Å²) in [4.78, 5) is 56.3. The van der Waals surface area contributed by atoms with Crippen LogP contribution >= 0.6 is 0 Å². The molecule has 2 heterocycles. The average Bonchev–Trinajstić information content (AvgIpc) is 2.73.